The van der Waals surface area contributed by atoms with Crippen molar-refractivity contribution >= 4 is 21.6 Å². The molecule has 0 bridgehead atoms. The molecule has 1 unspecified atom stereocenters. The van der Waals surface area contributed by atoms with Gasteiger partial charge in [-0.2, -0.15) is 0 Å². The molecule has 104 valence electrons. The van der Waals surface area contributed by atoms with Crippen molar-refractivity contribution in [2.45, 2.75) is 23.8 Å². The van der Waals surface area contributed by atoms with Crippen molar-refractivity contribution in [2.75, 3.05) is 0 Å². The number of halogens is 1. The quantitative estimate of drug-likeness (QED) is 0.887. The van der Waals surface area contributed by atoms with E-state index >= 15 is 0 Å². The summed E-state index contributed by atoms with van der Waals surface area (Å²) < 4.78 is 27.4. The van der Waals surface area contributed by atoms with Crippen LogP contribution in [0.25, 0.3) is 0 Å². The molecule has 6 heteroatoms. The molecule has 1 N–H and O–H groups in total. The minimum atomic E-state index is -3.58. The van der Waals surface area contributed by atoms with Crippen LogP contribution in [0.5, 0.6) is 0 Å². The number of nitrogens with one attached hydrogen (secondary N) is 1. The van der Waals surface area contributed by atoms with Crippen LogP contribution >= 0.6 is 11.6 Å². The third kappa shape index (κ3) is 2.57. The van der Waals surface area contributed by atoms with E-state index in [1.165, 1.54) is 23.9 Å². The number of fused-ring (bicyclic) bond motifs is 1. The van der Waals surface area contributed by atoms with Crippen LogP contribution in [-0.4, -0.2) is 13.4 Å². The zero-order chi connectivity index (χ0) is 14.2. The number of aryl methyl sites for hydroxylation is 1. The SMILES string of the molecule is O=S(=O)(NC1CCc2ccccc21)c1ccnc(Cl)c1. The smallest absolute Gasteiger partial charge is 0.241 e. The van der Waals surface area contributed by atoms with Gasteiger partial charge in [-0.1, -0.05) is 35.9 Å². The maximum Gasteiger partial charge on any atom is 0.241 e. The second-order valence-electron chi connectivity index (χ2n) is 4.73. The molecule has 0 saturated carbocycles. The molecule has 0 saturated heterocycles. The highest BCUT2D eigenvalue weighted by atomic mass is 35.5. The highest BCUT2D eigenvalue weighted by Crippen LogP contribution is 2.32. The Hall–Kier alpha value is -1.43. The van der Waals surface area contributed by atoms with Crippen molar-refractivity contribution in [1.29, 1.82) is 0 Å². The first-order valence-electron chi connectivity index (χ1n) is 6.28. The molecule has 1 aromatic carbocycles. The van der Waals surface area contributed by atoms with E-state index in [2.05, 4.69) is 9.71 Å². The summed E-state index contributed by atoms with van der Waals surface area (Å²) in [5, 5.41) is 0.166. The largest absolute Gasteiger partial charge is 0.244 e. The first-order chi connectivity index (χ1) is 9.56. The van der Waals surface area contributed by atoms with Gasteiger partial charge in [-0.25, -0.2) is 18.1 Å². The number of hydrogen-bond donors (Lipinski definition) is 1. The molecular weight excluding hydrogens is 296 g/mol. The molecule has 1 aliphatic rings. The molecule has 0 amide bonds. The first kappa shape index (κ1) is 13.5. The van der Waals surface area contributed by atoms with Crippen molar-refractivity contribution in [3.8, 4) is 0 Å². The van der Waals surface area contributed by atoms with Crippen LogP contribution in [0.3, 0.4) is 0 Å². The van der Waals surface area contributed by atoms with Gasteiger partial charge in [0.1, 0.15) is 5.15 Å². The van der Waals surface area contributed by atoms with Gasteiger partial charge in [0.05, 0.1) is 4.90 Å². The van der Waals surface area contributed by atoms with Gasteiger partial charge in [0, 0.05) is 12.2 Å². The maximum atomic E-state index is 12.4. The summed E-state index contributed by atoms with van der Waals surface area (Å²) in [7, 11) is -3.58. The van der Waals surface area contributed by atoms with Crippen LogP contribution in [-0.2, 0) is 16.4 Å². The first-order valence-corrected chi connectivity index (χ1v) is 8.14. The van der Waals surface area contributed by atoms with Crippen LogP contribution in [0, 0.1) is 0 Å². The Bertz CT molecular complexity index is 746. The molecule has 20 heavy (non-hydrogen) atoms. The Balaban J connectivity index is 1.89. The predicted molar refractivity (Wildman–Crippen MR) is 77.1 cm³/mol. The lowest BCUT2D eigenvalue weighted by molar-refractivity contribution is 0.554. The molecular formula is C14H13ClN2O2S. The fourth-order valence-corrected chi connectivity index (χ4v) is 3.99. The summed E-state index contributed by atoms with van der Waals surface area (Å²) in [6.45, 7) is 0. The average Bonchev–Trinajstić information content (AvgIpc) is 2.82. The number of benzene rings is 1. The van der Waals surface area contributed by atoms with E-state index < -0.39 is 10.0 Å². The van der Waals surface area contributed by atoms with Crippen LogP contribution < -0.4 is 4.72 Å². The van der Waals surface area contributed by atoms with Crippen molar-refractivity contribution in [3.05, 3.63) is 58.9 Å². The lowest BCUT2D eigenvalue weighted by atomic mass is 10.1. The van der Waals surface area contributed by atoms with Crippen LogP contribution in [0.1, 0.15) is 23.6 Å². The molecule has 2 aromatic rings. The van der Waals surface area contributed by atoms with Crippen molar-refractivity contribution in [2.24, 2.45) is 0 Å². The summed E-state index contributed by atoms with van der Waals surface area (Å²) in [6.07, 6.45) is 3.05. The summed E-state index contributed by atoms with van der Waals surface area (Å²) >= 11 is 5.75. The van der Waals surface area contributed by atoms with Gasteiger partial charge in [-0.15, -0.1) is 0 Å². The minimum Gasteiger partial charge on any atom is -0.244 e. The Labute approximate surface area is 122 Å². The molecule has 4 nitrogen and oxygen atoms in total. The van der Waals surface area contributed by atoms with E-state index in [1.807, 2.05) is 24.3 Å². The summed E-state index contributed by atoms with van der Waals surface area (Å²) in [5.74, 6) is 0. The van der Waals surface area contributed by atoms with E-state index in [1.54, 1.807) is 0 Å². The number of hydrogen-bond acceptors (Lipinski definition) is 3. The fraction of sp³-hybridized carbons (Fsp3) is 0.214. The third-order valence-electron chi connectivity index (χ3n) is 3.44. The summed E-state index contributed by atoms with van der Waals surface area (Å²) in [5.41, 5.74) is 2.25. The van der Waals surface area contributed by atoms with Crippen LogP contribution in [0.15, 0.2) is 47.5 Å². The number of rotatable bonds is 3. The lowest BCUT2D eigenvalue weighted by Gasteiger charge is -2.14. The molecule has 0 fully saturated rings. The Kier molecular flexibility index (Phi) is 3.50. The number of nitrogens with zero attached hydrogens (tertiary/aromatic N) is 1. The van der Waals surface area contributed by atoms with E-state index in [9.17, 15) is 8.42 Å². The summed E-state index contributed by atoms with van der Waals surface area (Å²) in [4.78, 5) is 3.93. The fourth-order valence-electron chi connectivity index (χ4n) is 2.49. The normalized spacial score (nSPS) is 17.9. The van der Waals surface area contributed by atoms with Gasteiger partial charge in [-0.05, 0) is 36.1 Å². The Morgan fingerprint density at radius 2 is 2.05 bits per heavy atom. The number of pyridine rings is 1. The van der Waals surface area contributed by atoms with Crippen molar-refractivity contribution in [3.63, 3.8) is 0 Å². The third-order valence-corrected chi connectivity index (χ3v) is 5.11. The van der Waals surface area contributed by atoms with Gasteiger partial charge >= 0.3 is 0 Å². The van der Waals surface area contributed by atoms with Crippen LogP contribution in [0.2, 0.25) is 5.15 Å². The van der Waals surface area contributed by atoms with E-state index in [0.717, 1.165) is 18.4 Å². The Morgan fingerprint density at radius 1 is 1.25 bits per heavy atom. The number of aromatic nitrogens is 1. The van der Waals surface area contributed by atoms with Crippen molar-refractivity contribution < 1.29 is 8.42 Å². The average molecular weight is 309 g/mol. The number of sulfonamides is 1. The van der Waals surface area contributed by atoms with Gasteiger partial charge in [0.2, 0.25) is 10.0 Å². The van der Waals surface area contributed by atoms with Crippen LogP contribution in [0.4, 0.5) is 0 Å². The molecule has 0 radical (unpaired) electrons. The maximum absolute atomic E-state index is 12.4. The highest BCUT2D eigenvalue weighted by Gasteiger charge is 2.27. The molecule has 3 rings (SSSR count). The van der Waals surface area contributed by atoms with Gasteiger partial charge in [0.15, 0.2) is 0 Å². The van der Waals surface area contributed by atoms with Gasteiger partial charge < -0.3 is 0 Å². The second kappa shape index (κ2) is 5.16. The topological polar surface area (TPSA) is 59.1 Å². The Morgan fingerprint density at radius 3 is 2.85 bits per heavy atom. The molecule has 0 spiro atoms. The molecule has 0 aliphatic heterocycles. The second-order valence-corrected chi connectivity index (χ2v) is 6.83. The van der Waals surface area contributed by atoms with Gasteiger partial charge in [0.25, 0.3) is 0 Å². The molecule has 1 atom stereocenters. The molecule has 1 aromatic heterocycles. The van der Waals surface area contributed by atoms with Crippen molar-refractivity contribution in [1.82, 2.24) is 9.71 Å². The highest BCUT2D eigenvalue weighted by molar-refractivity contribution is 7.89. The predicted octanol–water partition coefficient (Wildman–Crippen LogP) is 2.70. The van der Waals surface area contributed by atoms with Gasteiger partial charge in [-0.3, -0.25) is 0 Å². The van der Waals surface area contributed by atoms with E-state index in [4.69, 9.17) is 11.6 Å². The minimum absolute atomic E-state index is 0.141. The zero-order valence-corrected chi connectivity index (χ0v) is 12.2. The lowest BCUT2D eigenvalue weighted by Crippen LogP contribution is -2.27. The molecule has 1 aliphatic carbocycles. The standard InChI is InChI=1S/C14H13ClN2O2S/c15-14-9-11(7-8-16-14)20(18,19)17-13-6-5-10-3-1-2-4-12(10)13/h1-4,7-9,13,17H,5-6H2. The van der Waals surface area contributed by atoms with E-state index in [0.29, 0.717) is 0 Å². The monoisotopic (exact) mass is 308 g/mol. The molecule has 1 heterocycles. The van der Waals surface area contributed by atoms with E-state index in [-0.39, 0.29) is 16.1 Å². The zero-order valence-electron chi connectivity index (χ0n) is 10.6. The summed E-state index contributed by atoms with van der Waals surface area (Å²) in [6, 6.07) is 10.5.